The summed E-state index contributed by atoms with van der Waals surface area (Å²) >= 11 is 0. The van der Waals surface area contributed by atoms with Gasteiger partial charge in [0.05, 0.1) is 18.8 Å². The maximum Gasteiger partial charge on any atom is 0.416 e. The van der Waals surface area contributed by atoms with Gasteiger partial charge in [0.25, 0.3) is 0 Å². The average molecular weight is 468 g/mol. The summed E-state index contributed by atoms with van der Waals surface area (Å²) in [5.41, 5.74) is 1.95. The van der Waals surface area contributed by atoms with Crippen molar-refractivity contribution >= 4 is 5.78 Å². The molecule has 0 atom stereocenters. The summed E-state index contributed by atoms with van der Waals surface area (Å²) in [6, 6.07) is 20.8. The summed E-state index contributed by atoms with van der Waals surface area (Å²) in [6.07, 6.45) is -2.70. The Labute approximate surface area is 198 Å². The van der Waals surface area contributed by atoms with E-state index < -0.39 is 11.7 Å². The number of benzene rings is 3. The zero-order valence-corrected chi connectivity index (χ0v) is 19.1. The molecular formula is C28H28F3NO2. The fourth-order valence-electron chi connectivity index (χ4n) is 4.71. The average Bonchev–Trinajstić information content (AvgIpc) is 2.84. The number of carbonyl (C=O) groups is 1. The molecule has 0 radical (unpaired) electrons. The number of halogens is 3. The van der Waals surface area contributed by atoms with Crippen molar-refractivity contribution in [1.82, 2.24) is 5.32 Å². The highest BCUT2D eigenvalue weighted by Gasteiger charge is 2.35. The molecule has 0 amide bonds. The summed E-state index contributed by atoms with van der Waals surface area (Å²) in [7, 11) is 0. The second kappa shape index (κ2) is 10.1. The molecule has 3 nitrogen and oxygen atoms in total. The molecule has 0 saturated carbocycles. The van der Waals surface area contributed by atoms with Crippen molar-refractivity contribution < 1.29 is 22.7 Å². The molecule has 0 spiro atoms. The van der Waals surface area contributed by atoms with E-state index in [1.807, 2.05) is 18.2 Å². The Hall–Kier alpha value is -2.96. The van der Waals surface area contributed by atoms with Crippen molar-refractivity contribution in [2.45, 2.75) is 38.0 Å². The Kier molecular flexibility index (Phi) is 7.19. The first kappa shape index (κ1) is 24.2. The van der Waals surface area contributed by atoms with Crippen LogP contribution in [0.3, 0.4) is 0 Å². The highest BCUT2D eigenvalue weighted by molar-refractivity contribution is 6.00. The molecule has 1 N–H and O–H groups in total. The van der Waals surface area contributed by atoms with E-state index in [9.17, 15) is 18.0 Å². The molecule has 3 aromatic rings. The van der Waals surface area contributed by atoms with E-state index in [4.69, 9.17) is 4.74 Å². The Morgan fingerprint density at radius 1 is 0.971 bits per heavy atom. The van der Waals surface area contributed by atoms with Crippen molar-refractivity contribution in [3.05, 3.63) is 95.1 Å². The second-order valence-corrected chi connectivity index (χ2v) is 8.91. The Morgan fingerprint density at radius 3 is 2.32 bits per heavy atom. The third kappa shape index (κ3) is 5.40. The molecule has 178 valence electrons. The first-order valence-corrected chi connectivity index (χ1v) is 11.4. The lowest BCUT2D eigenvalue weighted by molar-refractivity contribution is -0.137. The molecule has 0 bridgehead atoms. The SMILES string of the molecule is CC(=O)c1ccccc1-c1cc(COCC2(c3ccccc3)CCNCC2)cc(C(F)(F)F)c1. The second-order valence-electron chi connectivity index (χ2n) is 8.91. The molecular weight excluding hydrogens is 439 g/mol. The van der Waals surface area contributed by atoms with Gasteiger partial charge < -0.3 is 10.1 Å². The van der Waals surface area contributed by atoms with Gasteiger partial charge in [0.15, 0.2) is 5.78 Å². The van der Waals surface area contributed by atoms with E-state index in [2.05, 4.69) is 17.4 Å². The summed E-state index contributed by atoms with van der Waals surface area (Å²) < 4.78 is 47.2. The van der Waals surface area contributed by atoms with Crippen LogP contribution in [0.1, 0.15) is 46.8 Å². The number of nitrogens with one attached hydrogen (secondary N) is 1. The lowest BCUT2D eigenvalue weighted by Crippen LogP contribution is -2.43. The monoisotopic (exact) mass is 467 g/mol. The van der Waals surface area contributed by atoms with E-state index in [0.717, 1.165) is 38.1 Å². The van der Waals surface area contributed by atoms with Gasteiger partial charge in [-0.3, -0.25) is 4.79 Å². The van der Waals surface area contributed by atoms with Crippen LogP contribution in [0.25, 0.3) is 11.1 Å². The van der Waals surface area contributed by atoms with Gasteiger partial charge in [0, 0.05) is 11.0 Å². The van der Waals surface area contributed by atoms with Crippen LogP contribution in [0.15, 0.2) is 72.8 Å². The number of ether oxygens (including phenoxy) is 1. The van der Waals surface area contributed by atoms with Crippen LogP contribution in [-0.2, 0) is 22.9 Å². The van der Waals surface area contributed by atoms with Crippen molar-refractivity contribution in [3.8, 4) is 11.1 Å². The number of alkyl halides is 3. The smallest absolute Gasteiger partial charge is 0.376 e. The third-order valence-corrected chi connectivity index (χ3v) is 6.53. The number of piperidine rings is 1. The molecule has 1 fully saturated rings. The molecule has 3 aromatic carbocycles. The molecule has 1 saturated heterocycles. The first-order valence-electron chi connectivity index (χ1n) is 11.4. The lowest BCUT2D eigenvalue weighted by atomic mass is 9.74. The number of ketones is 1. The fourth-order valence-corrected chi connectivity index (χ4v) is 4.71. The fraction of sp³-hybridized carbons (Fsp3) is 0.321. The van der Waals surface area contributed by atoms with Gasteiger partial charge in [-0.2, -0.15) is 13.2 Å². The van der Waals surface area contributed by atoms with Crippen LogP contribution in [0.2, 0.25) is 0 Å². The quantitative estimate of drug-likeness (QED) is 0.408. The number of Topliss-reactive ketones (excluding diaryl/α,β-unsaturated/α-hetero) is 1. The minimum absolute atomic E-state index is 0.0567. The van der Waals surface area contributed by atoms with Gasteiger partial charge in [0.1, 0.15) is 0 Å². The number of carbonyl (C=O) groups excluding carboxylic acids is 1. The summed E-state index contributed by atoms with van der Waals surface area (Å²) in [5, 5.41) is 3.37. The minimum Gasteiger partial charge on any atom is -0.376 e. The lowest BCUT2D eigenvalue weighted by Gasteiger charge is -2.38. The van der Waals surface area contributed by atoms with E-state index in [1.54, 1.807) is 30.3 Å². The predicted octanol–water partition coefficient (Wildman–Crippen LogP) is 6.41. The normalized spacial score (nSPS) is 15.8. The molecule has 0 aliphatic carbocycles. The standard InChI is InChI=1S/C28H28F3NO2/c1-20(33)25-9-5-6-10-26(25)22-15-21(16-24(17-22)28(29,30)31)18-34-19-27(11-13-32-14-12-27)23-7-3-2-4-8-23/h2-10,15-17,32H,11-14,18-19H2,1H3. The molecule has 6 heteroatoms. The van der Waals surface area contributed by atoms with Crippen LogP contribution in [0.5, 0.6) is 0 Å². The van der Waals surface area contributed by atoms with E-state index >= 15 is 0 Å². The Balaban J connectivity index is 1.62. The van der Waals surface area contributed by atoms with Crippen molar-refractivity contribution in [2.75, 3.05) is 19.7 Å². The van der Waals surface area contributed by atoms with Crippen molar-refractivity contribution in [2.24, 2.45) is 0 Å². The van der Waals surface area contributed by atoms with E-state index in [-0.39, 0.29) is 17.8 Å². The summed E-state index contributed by atoms with van der Waals surface area (Å²) in [6.45, 7) is 3.63. The van der Waals surface area contributed by atoms with Gasteiger partial charge >= 0.3 is 6.18 Å². The van der Waals surface area contributed by atoms with Gasteiger partial charge in [-0.25, -0.2) is 0 Å². The molecule has 4 rings (SSSR count). The summed E-state index contributed by atoms with van der Waals surface area (Å²) in [5.74, 6) is -0.193. The largest absolute Gasteiger partial charge is 0.416 e. The molecule has 34 heavy (non-hydrogen) atoms. The number of hydrogen-bond donors (Lipinski definition) is 1. The van der Waals surface area contributed by atoms with Crippen LogP contribution in [0, 0.1) is 0 Å². The topological polar surface area (TPSA) is 38.3 Å². The van der Waals surface area contributed by atoms with Crippen LogP contribution in [-0.4, -0.2) is 25.5 Å². The molecule has 1 heterocycles. The molecule has 0 aromatic heterocycles. The highest BCUT2D eigenvalue weighted by atomic mass is 19.4. The maximum atomic E-state index is 13.7. The third-order valence-electron chi connectivity index (χ3n) is 6.53. The predicted molar refractivity (Wildman–Crippen MR) is 127 cm³/mol. The Morgan fingerprint density at radius 2 is 1.65 bits per heavy atom. The number of rotatable bonds is 7. The van der Waals surface area contributed by atoms with Crippen LogP contribution < -0.4 is 5.32 Å². The first-order chi connectivity index (χ1) is 16.3. The zero-order valence-electron chi connectivity index (χ0n) is 19.1. The minimum atomic E-state index is -4.50. The molecule has 1 aliphatic rings. The zero-order chi connectivity index (χ0) is 24.2. The van der Waals surface area contributed by atoms with Gasteiger partial charge in [0.2, 0.25) is 0 Å². The van der Waals surface area contributed by atoms with E-state index in [0.29, 0.717) is 28.9 Å². The Bertz CT molecular complexity index is 1140. The maximum absolute atomic E-state index is 13.7. The number of hydrogen-bond acceptors (Lipinski definition) is 3. The molecule has 1 aliphatic heterocycles. The van der Waals surface area contributed by atoms with E-state index in [1.165, 1.54) is 12.5 Å². The van der Waals surface area contributed by atoms with Gasteiger partial charge in [-0.05, 0) is 73.3 Å². The van der Waals surface area contributed by atoms with Gasteiger partial charge in [-0.1, -0.05) is 54.6 Å². The van der Waals surface area contributed by atoms with Crippen LogP contribution >= 0.6 is 0 Å². The highest BCUT2D eigenvalue weighted by Crippen LogP contribution is 2.36. The summed E-state index contributed by atoms with van der Waals surface area (Å²) in [4.78, 5) is 12.1. The van der Waals surface area contributed by atoms with Crippen LogP contribution in [0.4, 0.5) is 13.2 Å². The van der Waals surface area contributed by atoms with Gasteiger partial charge in [-0.15, -0.1) is 0 Å². The van der Waals surface area contributed by atoms with Crippen molar-refractivity contribution in [3.63, 3.8) is 0 Å². The van der Waals surface area contributed by atoms with Crippen molar-refractivity contribution in [1.29, 1.82) is 0 Å². The molecule has 0 unspecified atom stereocenters.